The zero-order valence-corrected chi connectivity index (χ0v) is 9.84. The summed E-state index contributed by atoms with van der Waals surface area (Å²) in [5.41, 5.74) is 0.759. The molecule has 3 atom stereocenters. The van der Waals surface area contributed by atoms with Crippen LogP contribution in [0.4, 0.5) is 0 Å². The van der Waals surface area contributed by atoms with Gasteiger partial charge in [0.15, 0.2) is 0 Å². The van der Waals surface area contributed by atoms with Gasteiger partial charge in [0.1, 0.15) is 0 Å². The van der Waals surface area contributed by atoms with E-state index in [0.29, 0.717) is 5.41 Å². The van der Waals surface area contributed by atoms with E-state index in [1.165, 1.54) is 32.1 Å². The zero-order chi connectivity index (χ0) is 10.4. The van der Waals surface area contributed by atoms with E-state index >= 15 is 0 Å². The molecular formula is C13H24O. The Labute approximate surface area is 87.9 Å². The molecule has 0 saturated heterocycles. The van der Waals surface area contributed by atoms with Gasteiger partial charge in [-0.2, -0.15) is 0 Å². The van der Waals surface area contributed by atoms with E-state index < -0.39 is 0 Å². The maximum atomic E-state index is 10.1. The largest absolute Gasteiger partial charge is 0.393 e. The van der Waals surface area contributed by atoms with Crippen molar-refractivity contribution >= 4 is 0 Å². The van der Waals surface area contributed by atoms with Crippen molar-refractivity contribution in [3.8, 4) is 0 Å². The number of fused-ring (bicyclic) bond motifs is 1. The molecule has 82 valence electrons. The highest BCUT2D eigenvalue weighted by Gasteiger charge is 2.48. The lowest BCUT2D eigenvalue weighted by Crippen LogP contribution is -2.47. The Morgan fingerprint density at radius 1 is 1.07 bits per heavy atom. The predicted octanol–water partition coefficient (Wildman–Crippen LogP) is 3.36. The highest BCUT2D eigenvalue weighted by molar-refractivity contribution is 4.98. The smallest absolute Gasteiger partial charge is 0.0596 e. The Bertz CT molecular complexity index is 221. The third-order valence-electron chi connectivity index (χ3n) is 4.86. The fourth-order valence-electron chi connectivity index (χ4n) is 3.57. The van der Waals surface area contributed by atoms with Crippen LogP contribution in [0.5, 0.6) is 0 Å². The molecule has 2 fully saturated rings. The summed E-state index contributed by atoms with van der Waals surface area (Å²) in [7, 11) is 0. The van der Waals surface area contributed by atoms with Crippen molar-refractivity contribution in [2.45, 2.75) is 65.4 Å². The van der Waals surface area contributed by atoms with Gasteiger partial charge in [-0.05, 0) is 48.9 Å². The first-order valence-electron chi connectivity index (χ1n) is 6.12. The lowest BCUT2D eigenvalue weighted by atomic mass is 9.54. The van der Waals surface area contributed by atoms with Gasteiger partial charge in [-0.25, -0.2) is 0 Å². The molecule has 0 heterocycles. The van der Waals surface area contributed by atoms with E-state index in [1.54, 1.807) is 0 Å². The second kappa shape index (κ2) is 3.23. The molecular weight excluding hydrogens is 172 g/mol. The SMILES string of the molecule is CC1(C)CCC2(C)C(O)CCCC2C1. The lowest BCUT2D eigenvalue weighted by Gasteiger charge is -2.52. The molecule has 2 aliphatic carbocycles. The molecule has 0 aromatic rings. The van der Waals surface area contributed by atoms with Crippen molar-refractivity contribution in [2.75, 3.05) is 0 Å². The second-order valence-electron chi connectivity index (χ2n) is 6.52. The van der Waals surface area contributed by atoms with Crippen molar-refractivity contribution in [1.82, 2.24) is 0 Å². The van der Waals surface area contributed by atoms with Crippen LogP contribution in [-0.2, 0) is 0 Å². The Kier molecular flexibility index (Phi) is 2.42. The van der Waals surface area contributed by atoms with E-state index in [-0.39, 0.29) is 11.5 Å². The molecule has 0 amide bonds. The highest BCUT2D eigenvalue weighted by atomic mass is 16.3. The Balaban J connectivity index is 2.16. The second-order valence-corrected chi connectivity index (χ2v) is 6.52. The van der Waals surface area contributed by atoms with E-state index in [1.807, 2.05) is 0 Å². The van der Waals surface area contributed by atoms with Gasteiger partial charge < -0.3 is 5.11 Å². The molecule has 0 aromatic carbocycles. The number of hydrogen-bond donors (Lipinski definition) is 1. The average molecular weight is 196 g/mol. The fraction of sp³-hybridized carbons (Fsp3) is 1.00. The molecule has 2 aliphatic rings. The molecule has 0 radical (unpaired) electrons. The standard InChI is InChI=1S/C13H24O/c1-12(2)7-8-13(3)10(9-12)5-4-6-11(13)14/h10-11,14H,4-9H2,1-3H3. The van der Waals surface area contributed by atoms with Gasteiger partial charge >= 0.3 is 0 Å². The van der Waals surface area contributed by atoms with Crippen LogP contribution >= 0.6 is 0 Å². The molecule has 0 spiro atoms. The van der Waals surface area contributed by atoms with Crippen LogP contribution in [-0.4, -0.2) is 11.2 Å². The Morgan fingerprint density at radius 2 is 1.79 bits per heavy atom. The molecule has 1 heteroatoms. The van der Waals surface area contributed by atoms with Gasteiger partial charge in [-0.3, -0.25) is 0 Å². The summed E-state index contributed by atoms with van der Waals surface area (Å²) in [6.45, 7) is 7.08. The summed E-state index contributed by atoms with van der Waals surface area (Å²) in [5.74, 6) is 0.773. The van der Waals surface area contributed by atoms with Crippen molar-refractivity contribution < 1.29 is 5.11 Å². The van der Waals surface area contributed by atoms with Gasteiger partial charge in [0.2, 0.25) is 0 Å². The normalized spacial score (nSPS) is 47.1. The lowest BCUT2D eigenvalue weighted by molar-refractivity contribution is -0.0899. The van der Waals surface area contributed by atoms with Crippen molar-refractivity contribution in [2.24, 2.45) is 16.7 Å². The molecule has 1 nitrogen and oxygen atoms in total. The molecule has 14 heavy (non-hydrogen) atoms. The third-order valence-corrected chi connectivity index (χ3v) is 4.86. The summed E-state index contributed by atoms with van der Waals surface area (Å²) < 4.78 is 0. The van der Waals surface area contributed by atoms with Gasteiger partial charge in [0.05, 0.1) is 6.10 Å². The first kappa shape index (κ1) is 10.5. The summed E-state index contributed by atoms with van der Waals surface area (Å²) in [4.78, 5) is 0. The molecule has 0 bridgehead atoms. The number of aliphatic hydroxyl groups is 1. The van der Waals surface area contributed by atoms with Gasteiger partial charge in [-0.1, -0.05) is 27.2 Å². The van der Waals surface area contributed by atoms with E-state index in [4.69, 9.17) is 0 Å². The van der Waals surface area contributed by atoms with Crippen LogP contribution in [0.15, 0.2) is 0 Å². The number of hydrogen-bond acceptors (Lipinski definition) is 1. The molecule has 1 N–H and O–H groups in total. The van der Waals surface area contributed by atoms with Crippen LogP contribution < -0.4 is 0 Å². The van der Waals surface area contributed by atoms with Crippen molar-refractivity contribution in [3.63, 3.8) is 0 Å². The van der Waals surface area contributed by atoms with Crippen LogP contribution in [0.2, 0.25) is 0 Å². The minimum absolute atomic E-state index is 0.0302. The minimum Gasteiger partial charge on any atom is -0.393 e. The maximum Gasteiger partial charge on any atom is 0.0596 e. The molecule has 0 aromatic heterocycles. The van der Waals surface area contributed by atoms with Crippen LogP contribution in [0.1, 0.15) is 59.3 Å². The minimum atomic E-state index is -0.0302. The van der Waals surface area contributed by atoms with E-state index in [9.17, 15) is 5.11 Å². The quantitative estimate of drug-likeness (QED) is 0.630. The number of aliphatic hydroxyl groups excluding tert-OH is 1. The van der Waals surface area contributed by atoms with Crippen LogP contribution in [0, 0.1) is 16.7 Å². The van der Waals surface area contributed by atoms with Crippen molar-refractivity contribution in [3.05, 3.63) is 0 Å². The summed E-state index contributed by atoms with van der Waals surface area (Å²) >= 11 is 0. The Morgan fingerprint density at radius 3 is 2.50 bits per heavy atom. The van der Waals surface area contributed by atoms with Gasteiger partial charge in [-0.15, -0.1) is 0 Å². The highest BCUT2D eigenvalue weighted by Crippen LogP contribution is 2.55. The summed E-state index contributed by atoms with van der Waals surface area (Å²) in [5, 5.41) is 10.1. The first-order chi connectivity index (χ1) is 6.44. The van der Waals surface area contributed by atoms with Gasteiger partial charge in [0.25, 0.3) is 0 Å². The molecule has 0 aliphatic heterocycles. The summed E-state index contributed by atoms with van der Waals surface area (Å²) in [6.07, 6.45) is 7.42. The monoisotopic (exact) mass is 196 g/mol. The molecule has 2 saturated carbocycles. The third kappa shape index (κ3) is 1.60. The van der Waals surface area contributed by atoms with Crippen LogP contribution in [0.25, 0.3) is 0 Å². The molecule has 2 rings (SSSR count). The number of rotatable bonds is 0. The zero-order valence-electron chi connectivity index (χ0n) is 9.84. The van der Waals surface area contributed by atoms with Gasteiger partial charge in [0, 0.05) is 0 Å². The van der Waals surface area contributed by atoms with E-state index in [2.05, 4.69) is 20.8 Å². The maximum absolute atomic E-state index is 10.1. The van der Waals surface area contributed by atoms with E-state index in [0.717, 1.165) is 12.3 Å². The molecule has 3 unspecified atom stereocenters. The fourth-order valence-corrected chi connectivity index (χ4v) is 3.57. The average Bonchev–Trinajstić information content (AvgIpc) is 2.09. The first-order valence-corrected chi connectivity index (χ1v) is 6.12. The topological polar surface area (TPSA) is 20.2 Å². The van der Waals surface area contributed by atoms with Crippen molar-refractivity contribution in [1.29, 1.82) is 0 Å². The Hall–Kier alpha value is -0.0400. The van der Waals surface area contributed by atoms with Crippen LogP contribution in [0.3, 0.4) is 0 Å². The predicted molar refractivity (Wildman–Crippen MR) is 59.1 cm³/mol. The summed E-state index contributed by atoms with van der Waals surface area (Å²) in [6, 6.07) is 0.